The second-order valence-corrected chi connectivity index (χ2v) is 7.53. The Kier molecular flexibility index (Phi) is 5.76. The second kappa shape index (κ2) is 8.47. The van der Waals surface area contributed by atoms with E-state index in [1.807, 2.05) is 0 Å². The molecule has 30 heavy (non-hydrogen) atoms. The van der Waals surface area contributed by atoms with Gasteiger partial charge in [-0.05, 0) is 48.5 Å². The average molecular weight is 446 g/mol. The molecule has 2 heterocycles. The topological polar surface area (TPSA) is 79.0 Å². The quantitative estimate of drug-likeness (QED) is 0.730. The van der Waals surface area contributed by atoms with Crippen molar-refractivity contribution in [2.45, 2.75) is 0 Å². The number of morpholine rings is 1. The van der Waals surface area contributed by atoms with Crippen LogP contribution in [0.1, 0.15) is 10.4 Å². The van der Waals surface area contributed by atoms with E-state index in [2.05, 4.69) is 5.32 Å². The smallest absolute Gasteiger partial charge is 0.283 e. The Morgan fingerprint density at radius 1 is 0.900 bits per heavy atom. The molecule has 0 unspecified atom stereocenters. The van der Waals surface area contributed by atoms with Gasteiger partial charge in [-0.1, -0.05) is 23.2 Å². The van der Waals surface area contributed by atoms with Crippen molar-refractivity contribution in [3.05, 3.63) is 69.8 Å². The SMILES string of the molecule is O=C(c1ccc(NC2=C(Cl)C(=O)N(c3ccc(Cl)cc3)C2=O)cc1)N1CCOCC1. The highest BCUT2D eigenvalue weighted by molar-refractivity contribution is 6.53. The van der Waals surface area contributed by atoms with Crippen molar-refractivity contribution in [3.8, 4) is 0 Å². The van der Waals surface area contributed by atoms with Gasteiger partial charge in [0.15, 0.2) is 0 Å². The highest BCUT2D eigenvalue weighted by Gasteiger charge is 2.38. The van der Waals surface area contributed by atoms with E-state index < -0.39 is 11.8 Å². The summed E-state index contributed by atoms with van der Waals surface area (Å²) in [6.07, 6.45) is 0. The van der Waals surface area contributed by atoms with Crippen LogP contribution < -0.4 is 10.2 Å². The summed E-state index contributed by atoms with van der Waals surface area (Å²) in [6.45, 7) is 2.16. The predicted molar refractivity (Wildman–Crippen MR) is 114 cm³/mol. The lowest BCUT2D eigenvalue weighted by Crippen LogP contribution is -2.40. The highest BCUT2D eigenvalue weighted by Crippen LogP contribution is 2.30. The first-order valence-corrected chi connectivity index (χ1v) is 9.99. The summed E-state index contributed by atoms with van der Waals surface area (Å²) in [5, 5.41) is 3.18. The molecule has 154 valence electrons. The maximum absolute atomic E-state index is 12.8. The molecule has 2 aromatic rings. The number of benzene rings is 2. The zero-order chi connectivity index (χ0) is 21.3. The number of carbonyl (C=O) groups excluding carboxylic acids is 3. The molecular formula is C21H17Cl2N3O4. The molecule has 0 aliphatic carbocycles. The van der Waals surface area contributed by atoms with E-state index in [1.54, 1.807) is 53.4 Å². The van der Waals surface area contributed by atoms with Crippen molar-refractivity contribution in [1.82, 2.24) is 4.90 Å². The number of imide groups is 1. The standard InChI is InChI=1S/C21H17Cl2N3O4/c22-14-3-7-16(8-4-14)26-20(28)17(23)18(21(26)29)24-15-5-1-13(2-6-15)19(27)25-9-11-30-12-10-25/h1-8,24H,9-12H2. The molecule has 7 nitrogen and oxygen atoms in total. The van der Waals surface area contributed by atoms with Gasteiger partial charge in [-0.25, -0.2) is 4.90 Å². The van der Waals surface area contributed by atoms with Crippen LogP contribution in [0, 0.1) is 0 Å². The van der Waals surface area contributed by atoms with Crippen LogP contribution in [0.25, 0.3) is 0 Å². The van der Waals surface area contributed by atoms with E-state index in [-0.39, 0.29) is 16.6 Å². The third-order valence-corrected chi connectivity index (χ3v) is 5.41. The first kappa shape index (κ1) is 20.4. The zero-order valence-electron chi connectivity index (χ0n) is 15.7. The van der Waals surface area contributed by atoms with Gasteiger partial charge in [0.05, 0.1) is 18.9 Å². The van der Waals surface area contributed by atoms with E-state index in [4.69, 9.17) is 27.9 Å². The van der Waals surface area contributed by atoms with Crippen molar-refractivity contribution in [3.63, 3.8) is 0 Å². The molecule has 3 amide bonds. The summed E-state index contributed by atoms with van der Waals surface area (Å²) in [5.74, 6) is -1.27. The molecule has 0 radical (unpaired) electrons. The first-order valence-electron chi connectivity index (χ1n) is 9.24. The van der Waals surface area contributed by atoms with E-state index in [0.29, 0.717) is 48.3 Å². The fourth-order valence-electron chi connectivity index (χ4n) is 3.23. The summed E-state index contributed by atoms with van der Waals surface area (Å²) in [6, 6.07) is 12.9. The minimum Gasteiger partial charge on any atom is -0.378 e. The van der Waals surface area contributed by atoms with Crippen molar-refractivity contribution < 1.29 is 19.1 Å². The fraction of sp³-hybridized carbons (Fsp3) is 0.190. The summed E-state index contributed by atoms with van der Waals surface area (Å²) < 4.78 is 5.26. The number of hydrogen-bond acceptors (Lipinski definition) is 5. The van der Waals surface area contributed by atoms with Gasteiger partial charge >= 0.3 is 0 Å². The minimum atomic E-state index is -0.620. The highest BCUT2D eigenvalue weighted by atomic mass is 35.5. The Morgan fingerprint density at radius 2 is 1.53 bits per heavy atom. The molecule has 0 aromatic heterocycles. The molecule has 4 rings (SSSR count). The summed E-state index contributed by atoms with van der Waals surface area (Å²) in [5.41, 5.74) is 1.40. The first-order chi connectivity index (χ1) is 14.5. The molecule has 1 fully saturated rings. The number of rotatable bonds is 4. The fourth-order valence-corrected chi connectivity index (χ4v) is 3.56. The van der Waals surface area contributed by atoms with Crippen LogP contribution in [0.5, 0.6) is 0 Å². The Morgan fingerprint density at radius 3 is 2.17 bits per heavy atom. The van der Waals surface area contributed by atoms with E-state index >= 15 is 0 Å². The zero-order valence-corrected chi connectivity index (χ0v) is 17.2. The molecule has 0 atom stereocenters. The molecule has 0 spiro atoms. The lowest BCUT2D eigenvalue weighted by molar-refractivity contribution is -0.120. The van der Waals surface area contributed by atoms with E-state index in [9.17, 15) is 14.4 Å². The van der Waals surface area contributed by atoms with E-state index in [1.165, 1.54) is 0 Å². The third kappa shape index (κ3) is 3.92. The molecule has 0 saturated carbocycles. The van der Waals surface area contributed by atoms with Gasteiger partial charge < -0.3 is 15.0 Å². The van der Waals surface area contributed by atoms with Gasteiger partial charge in [0, 0.05) is 29.4 Å². The molecule has 2 aliphatic rings. The summed E-state index contributed by atoms with van der Waals surface area (Å²) in [4.78, 5) is 40.5. The van der Waals surface area contributed by atoms with Crippen LogP contribution in [0.2, 0.25) is 5.02 Å². The number of ether oxygens (including phenoxy) is 1. The number of halogens is 2. The number of nitrogens with zero attached hydrogens (tertiary/aromatic N) is 2. The molecule has 2 aliphatic heterocycles. The minimum absolute atomic E-state index is 0.0242. The van der Waals surface area contributed by atoms with Gasteiger partial charge in [-0.15, -0.1) is 0 Å². The predicted octanol–water partition coefficient (Wildman–Crippen LogP) is 3.25. The van der Waals surface area contributed by atoms with Crippen molar-refractivity contribution >= 4 is 52.3 Å². The lowest BCUT2D eigenvalue weighted by Gasteiger charge is -2.26. The molecule has 0 bridgehead atoms. The van der Waals surface area contributed by atoms with Crippen LogP contribution in [-0.4, -0.2) is 48.9 Å². The molecule has 2 aromatic carbocycles. The van der Waals surface area contributed by atoms with E-state index in [0.717, 1.165) is 4.90 Å². The maximum Gasteiger partial charge on any atom is 0.283 e. The molecule has 1 N–H and O–H groups in total. The Labute approximate surface area is 182 Å². The lowest BCUT2D eigenvalue weighted by atomic mass is 10.1. The van der Waals surface area contributed by atoms with Crippen LogP contribution in [-0.2, 0) is 14.3 Å². The van der Waals surface area contributed by atoms with Gasteiger partial charge in [0.25, 0.3) is 17.7 Å². The van der Waals surface area contributed by atoms with Crippen LogP contribution in [0.4, 0.5) is 11.4 Å². The number of anilines is 2. The number of amides is 3. The monoisotopic (exact) mass is 445 g/mol. The average Bonchev–Trinajstić information content (AvgIpc) is 2.98. The van der Waals surface area contributed by atoms with Gasteiger partial charge in [-0.3, -0.25) is 14.4 Å². The second-order valence-electron chi connectivity index (χ2n) is 6.72. The summed E-state index contributed by atoms with van der Waals surface area (Å²) >= 11 is 12.0. The largest absolute Gasteiger partial charge is 0.378 e. The molecule has 1 saturated heterocycles. The molecule has 9 heteroatoms. The summed E-state index contributed by atoms with van der Waals surface area (Å²) in [7, 11) is 0. The van der Waals surface area contributed by atoms with Gasteiger partial charge in [0.1, 0.15) is 10.7 Å². The van der Waals surface area contributed by atoms with Crippen molar-refractivity contribution in [2.75, 3.05) is 36.5 Å². The van der Waals surface area contributed by atoms with Crippen LogP contribution in [0.3, 0.4) is 0 Å². The van der Waals surface area contributed by atoms with Crippen molar-refractivity contribution in [1.29, 1.82) is 0 Å². The normalized spacial score (nSPS) is 17.0. The Hall–Kier alpha value is -2.87. The third-order valence-electron chi connectivity index (χ3n) is 4.81. The number of hydrogen-bond donors (Lipinski definition) is 1. The Bertz CT molecular complexity index is 1030. The van der Waals surface area contributed by atoms with Crippen LogP contribution in [0.15, 0.2) is 59.3 Å². The number of carbonyl (C=O) groups is 3. The molecular weight excluding hydrogens is 429 g/mol. The number of nitrogens with one attached hydrogen (secondary N) is 1. The van der Waals surface area contributed by atoms with Crippen LogP contribution >= 0.6 is 23.2 Å². The maximum atomic E-state index is 12.8. The Balaban J connectivity index is 1.49. The van der Waals surface area contributed by atoms with Crippen molar-refractivity contribution in [2.24, 2.45) is 0 Å². The van der Waals surface area contributed by atoms with Gasteiger partial charge in [0.2, 0.25) is 0 Å². The van der Waals surface area contributed by atoms with Gasteiger partial charge in [-0.2, -0.15) is 0 Å².